The molecule has 1 N–H and O–H groups in total. The van der Waals surface area contributed by atoms with Crippen LogP contribution in [0.1, 0.15) is 44.1 Å². The van der Waals surface area contributed by atoms with Crippen LogP contribution in [0.15, 0.2) is 24.5 Å². The van der Waals surface area contributed by atoms with Gasteiger partial charge in [-0.2, -0.15) is 0 Å². The molecule has 1 atom stereocenters. The minimum absolute atomic E-state index is 0.0467. The third kappa shape index (κ3) is 4.39. The highest BCUT2D eigenvalue weighted by molar-refractivity contribution is 5.81. The summed E-state index contributed by atoms with van der Waals surface area (Å²) in [7, 11) is 0. The predicted octanol–water partition coefficient (Wildman–Crippen LogP) is 1.68. The molecule has 0 radical (unpaired) electrons. The molecule has 26 heavy (non-hydrogen) atoms. The molecular formula is C19H25N3O4. The number of carboxylic acids is 1. The maximum Gasteiger partial charge on any atom is 0.303 e. The number of nitrogens with zero attached hydrogens (tertiary/aromatic N) is 3. The minimum Gasteiger partial charge on any atom is -0.481 e. The van der Waals surface area contributed by atoms with E-state index in [0.717, 1.165) is 24.8 Å². The summed E-state index contributed by atoms with van der Waals surface area (Å²) in [6.45, 7) is 2.51. The molecule has 2 saturated heterocycles. The standard InChI is InChI=1S/C19H25N3O4/c23-16(2-3-18(25)26)21-11-1-7-19(13-21)8-4-17(24)22(14-19)12-15-5-9-20-10-6-15/h5-6,9-10H,1-4,7-8,11-14H2,(H,25,26). The first-order chi connectivity index (χ1) is 12.5. The molecule has 1 aromatic rings. The normalized spacial score (nSPS) is 23.3. The zero-order valence-corrected chi connectivity index (χ0v) is 14.9. The van der Waals surface area contributed by atoms with Crippen LogP contribution < -0.4 is 0 Å². The van der Waals surface area contributed by atoms with Gasteiger partial charge in [0.15, 0.2) is 0 Å². The average molecular weight is 359 g/mol. The molecule has 3 heterocycles. The zero-order chi connectivity index (χ0) is 18.6. The van der Waals surface area contributed by atoms with Gasteiger partial charge in [-0.3, -0.25) is 19.4 Å². The molecule has 2 fully saturated rings. The zero-order valence-electron chi connectivity index (χ0n) is 14.9. The lowest BCUT2D eigenvalue weighted by molar-refractivity contribution is -0.146. The van der Waals surface area contributed by atoms with Crippen molar-refractivity contribution in [3.05, 3.63) is 30.1 Å². The van der Waals surface area contributed by atoms with E-state index in [1.54, 1.807) is 17.3 Å². The largest absolute Gasteiger partial charge is 0.481 e. The summed E-state index contributed by atoms with van der Waals surface area (Å²) in [5.41, 5.74) is 0.980. The molecular weight excluding hydrogens is 334 g/mol. The molecule has 0 saturated carbocycles. The molecule has 1 unspecified atom stereocenters. The number of rotatable bonds is 5. The number of aliphatic carboxylic acids is 1. The summed E-state index contributed by atoms with van der Waals surface area (Å²) in [6, 6.07) is 3.83. The summed E-state index contributed by atoms with van der Waals surface area (Å²) >= 11 is 0. The highest BCUT2D eigenvalue weighted by Crippen LogP contribution is 2.39. The summed E-state index contributed by atoms with van der Waals surface area (Å²) in [5, 5.41) is 8.79. The topological polar surface area (TPSA) is 90.8 Å². The number of likely N-dealkylation sites (tertiary alicyclic amines) is 2. The van der Waals surface area contributed by atoms with Crippen molar-refractivity contribution in [2.75, 3.05) is 19.6 Å². The second kappa shape index (κ2) is 7.85. The third-order valence-electron chi connectivity index (χ3n) is 5.44. The molecule has 7 nitrogen and oxygen atoms in total. The average Bonchev–Trinajstić information content (AvgIpc) is 2.64. The molecule has 1 spiro atoms. The Labute approximate surface area is 153 Å². The SMILES string of the molecule is O=C(O)CCC(=O)N1CCCC2(CCC(=O)N(Cc3ccncc3)C2)C1. The molecule has 3 rings (SSSR count). The van der Waals surface area contributed by atoms with Crippen molar-refractivity contribution in [1.82, 2.24) is 14.8 Å². The van der Waals surface area contributed by atoms with E-state index in [9.17, 15) is 14.4 Å². The van der Waals surface area contributed by atoms with E-state index in [-0.39, 0.29) is 30.1 Å². The molecule has 7 heteroatoms. The quantitative estimate of drug-likeness (QED) is 0.864. The van der Waals surface area contributed by atoms with E-state index in [4.69, 9.17) is 5.11 Å². The van der Waals surface area contributed by atoms with Crippen molar-refractivity contribution in [3.63, 3.8) is 0 Å². The third-order valence-corrected chi connectivity index (χ3v) is 5.44. The molecule has 1 aromatic heterocycles. The van der Waals surface area contributed by atoms with Gasteiger partial charge in [-0.1, -0.05) is 0 Å². The lowest BCUT2D eigenvalue weighted by atomic mass is 9.73. The highest BCUT2D eigenvalue weighted by Gasteiger charge is 2.42. The maximum absolute atomic E-state index is 12.4. The second-order valence-corrected chi connectivity index (χ2v) is 7.42. The minimum atomic E-state index is -0.947. The monoisotopic (exact) mass is 359 g/mol. The predicted molar refractivity (Wildman–Crippen MR) is 94.0 cm³/mol. The van der Waals surface area contributed by atoms with Crippen LogP contribution in [0.5, 0.6) is 0 Å². The summed E-state index contributed by atoms with van der Waals surface area (Å²) < 4.78 is 0. The molecule has 0 aliphatic carbocycles. The Bertz CT molecular complexity index is 679. The van der Waals surface area contributed by atoms with Crippen molar-refractivity contribution >= 4 is 17.8 Å². The van der Waals surface area contributed by atoms with Gasteiger partial charge in [-0.25, -0.2) is 0 Å². The Morgan fingerprint density at radius 1 is 1.15 bits per heavy atom. The molecule has 2 aliphatic rings. The second-order valence-electron chi connectivity index (χ2n) is 7.42. The van der Waals surface area contributed by atoms with Crippen LogP contribution >= 0.6 is 0 Å². The number of pyridine rings is 1. The van der Waals surface area contributed by atoms with E-state index in [1.807, 2.05) is 17.0 Å². The van der Waals surface area contributed by atoms with Crippen LogP contribution in [-0.4, -0.2) is 57.3 Å². The van der Waals surface area contributed by atoms with E-state index >= 15 is 0 Å². The smallest absolute Gasteiger partial charge is 0.303 e. The summed E-state index contributed by atoms with van der Waals surface area (Å²) in [6.07, 6.45) is 6.56. The lowest BCUT2D eigenvalue weighted by Crippen LogP contribution is -2.54. The fraction of sp³-hybridized carbons (Fsp3) is 0.579. The number of amides is 2. The van der Waals surface area contributed by atoms with Gasteiger partial charge in [0.1, 0.15) is 0 Å². The number of carbonyl (C=O) groups is 3. The maximum atomic E-state index is 12.4. The Morgan fingerprint density at radius 2 is 1.92 bits per heavy atom. The van der Waals surface area contributed by atoms with Gasteiger partial charge in [0.05, 0.1) is 6.42 Å². The van der Waals surface area contributed by atoms with Crippen LogP contribution in [0.2, 0.25) is 0 Å². The summed E-state index contributed by atoms with van der Waals surface area (Å²) in [4.78, 5) is 43.1. The first-order valence-corrected chi connectivity index (χ1v) is 9.14. The molecule has 0 aromatic carbocycles. The van der Waals surface area contributed by atoms with Crippen LogP contribution in [-0.2, 0) is 20.9 Å². The van der Waals surface area contributed by atoms with Gasteiger partial charge in [0, 0.05) is 56.8 Å². The van der Waals surface area contributed by atoms with Crippen LogP contribution in [0.4, 0.5) is 0 Å². The molecule has 2 amide bonds. The van der Waals surface area contributed by atoms with Gasteiger partial charge >= 0.3 is 5.97 Å². The Balaban J connectivity index is 1.65. The van der Waals surface area contributed by atoms with Crippen molar-refractivity contribution in [2.45, 2.75) is 45.1 Å². The Kier molecular flexibility index (Phi) is 5.54. The van der Waals surface area contributed by atoms with E-state index < -0.39 is 5.97 Å². The number of hydrogen-bond donors (Lipinski definition) is 1. The Morgan fingerprint density at radius 3 is 2.65 bits per heavy atom. The molecule has 140 valence electrons. The van der Waals surface area contributed by atoms with E-state index in [0.29, 0.717) is 32.6 Å². The number of piperidine rings is 2. The molecule has 0 bridgehead atoms. The first-order valence-electron chi connectivity index (χ1n) is 9.14. The number of carbonyl (C=O) groups excluding carboxylic acids is 2. The van der Waals surface area contributed by atoms with Gasteiger partial charge in [0.2, 0.25) is 11.8 Å². The van der Waals surface area contributed by atoms with E-state index in [1.165, 1.54) is 0 Å². The molecule has 2 aliphatic heterocycles. The van der Waals surface area contributed by atoms with Crippen LogP contribution in [0.25, 0.3) is 0 Å². The van der Waals surface area contributed by atoms with Gasteiger partial charge < -0.3 is 14.9 Å². The van der Waals surface area contributed by atoms with Gasteiger partial charge in [-0.15, -0.1) is 0 Å². The first kappa shape index (κ1) is 18.4. The number of hydrogen-bond acceptors (Lipinski definition) is 4. The van der Waals surface area contributed by atoms with Crippen molar-refractivity contribution in [3.8, 4) is 0 Å². The van der Waals surface area contributed by atoms with Crippen molar-refractivity contribution in [2.24, 2.45) is 5.41 Å². The van der Waals surface area contributed by atoms with Crippen LogP contribution in [0, 0.1) is 5.41 Å². The highest BCUT2D eigenvalue weighted by atomic mass is 16.4. The van der Waals surface area contributed by atoms with E-state index in [2.05, 4.69) is 4.98 Å². The fourth-order valence-electron chi connectivity index (χ4n) is 4.08. The Hall–Kier alpha value is -2.44. The summed E-state index contributed by atoms with van der Waals surface area (Å²) in [5.74, 6) is -0.886. The van der Waals surface area contributed by atoms with Crippen LogP contribution in [0.3, 0.4) is 0 Å². The number of carboxylic acid groups (broad SMARTS) is 1. The fourth-order valence-corrected chi connectivity index (χ4v) is 4.08. The van der Waals surface area contributed by atoms with Crippen molar-refractivity contribution < 1.29 is 19.5 Å². The van der Waals surface area contributed by atoms with Gasteiger partial charge in [-0.05, 0) is 37.0 Å². The van der Waals surface area contributed by atoms with Gasteiger partial charge in [0.25, 0.3) is 0 Å². The number of aromatic nitrogens is 1. The van der Waals surface area contributed by atoms with Crippen molar-refractivity contribution in [1.29, 1.82) is 0 Å². The lowest BCUT2D eigenvalue weighted by Gasteiger charge is -2.48.